The Balaban J connectivity index is 1.98. The van der Waals surface area contributed by atoms with Crippen LogP contribution in [-0.2, 0) is 6.42 Å². The smallest absolute Gasteiger partial charge is 0.0453 e. The van der Waals surface area contributed by atoms with Gasteiger partial charge >= 0.3 is 0 Å². The van der Waals surface area contributed by atoms with Crippen molar-refractivity contribution in [2.24, 2.45) is 0 Å². The van der Waals surface area contributed by atoms with E-state index in [4.69, 9.17) is 28.9 Å². The molecule has 4 heteroatoms. The summed E-state index contributed by atoms with van der Waals surface area (Å²) in [5.41, 5.74) is 9.86. The fourth-order valence-electron chi connectivity index (χ4n) is 1.89. The van der Waals surface area contributed by atoms with Crippen molar-refractivity contribution in [3.8, 4) is 0 Å². The van der Waals surface area contributed by atoms with Crippen molar-refractivity contribution in [3.63, 3.8) is 0 Å². The molecule has 0 heterocycles. The molecule has 0 aliphatic carbocycles. The minimum atomic E-state index is 0.661. The van der Waals surface area contributed by atoms with E-state index >= 15 is 0 Å². The van der Waals surface area contributed by atoms with E-state index in [0.29, 0.717) is 10.0 Å². The molecule has 0 bridgehead atoms. The number of hydrogen-bond donors (Lipinski definition) is 2. The number of nitrogens with one attached hydrogen (secondary N) is 1. The van der Waals surface area contributed by atoms with Crippen LogP contribution in [0.5, 0.6) is 0 Å². The lowest BCUT2D eigenvalue weighted by molar-refractivity contribution is 1.02. The molecular weight excluding hydrogens is 279 g/mol. The molecule has 0 aliphatic heterocycles. The Morgan fingerprint density at radius 3 is 2.63 bits per heavy atom. The third kappa shape index (κ3) is 3.79. The molecule has 19 heavy (non-hydrogen) atoms. The minimum absolute atomic E-state index is 0.661. The van der Waals surface area contributed by atoms with Crippen LogP contribution in [0.1, 0.15) is 11.1 Å². The highest BCUT2D eigenvalue weighted by molar-refractivity contribution is 6.35. The van der Waals surface area contributed by atoms with Crippen molar-refractivity contribution in [3.05, 3.63) is 57.6 Å². The van der Waals surface area contributed by atoms with Gasteiger partial charge in [0.15, 0.2) is 0 Å². The summed E-state index contributed by atoms with van der Waals surface area (Å²) in [7, 11) is 0. The number of benzene rings is 2. The third-order valence-corrected chi connectivity index (χ3v) is 3.57. The van der Waals surface area contributed by atoms with Gasteiger partial charge in [-0.3, -0.25) is 0 Å². The Hall–Kier alpha value is -1.38. The van der Waals surface area contributed by atoms with Crippen LogP contribution in [0.25, 0.3) is 0 Å². The molecule has 0 aliphatic rings. The average Bonchev–Trinajstić information content (AvgIpc) is 2.36. The first-order valence-electron chi connectivity index (χ1n) is 6.10. The molecule has 0 radical (unpaired) electrons. The van der Waals surface area contributed by atoms with Gasteiger partial charge in [-0.2, -0.15) is 0 Å². The van der Waals surface area contributed by atoms with E-state index in [9.17, 15) is 0 Å². The highest BCUT2D eigenvalue weighted by Gasteiger charge is 2.02. The topological polar surface area (TPSA) is 38.0 Å². The Bertz CT molecular complexity index is 582. The van der Waals surface area contributed by atoms with Gasteiger partial charge in [0.1, 0.15) is 0 Å². The van der Waals surface area contributed by atoms with Gasteiger partial charge in [0.25, 0.3) is 0 Å². The Labute approximate surface area is 123 Å². The standard InChI is InChI=1S/C15H16Cl2N2/c1-10-2-5-13(18)9-15(10)19-7-6-11-3-4-12(16)8-14(11)17/h2-5,8-9,19H,6-7,18H2,1H3. The highest BCUT2D eigenvalue weighted by Crippen LogP contribution is 2.22. The van der Waals surface area contributed by atoms with Gasteiger partial charge in [-0.15, -0.1) is 0 Å². The number of aryl methyl sites for hydroxylation is 1. The molecule has 0 fully saturated rings. The van der Waals surface area contributed by atoms with Crippen LogP contribution in [0.4, 0.5) is 11.4 Å². The zero-order valence-corrected chi connectivity index (χ0v) is 12.2. The molecule has 0 unspecified atom stereocenters. The van der Waals surface area contributed by atoms with Crippen LogP contribution in [0.15, 0.2) is 36.4 Å². The van der Waals surface area contributed by atoms with Crippen molar-refractivity contribution in [2.45, 2.75) is 13.3 Å². The van der Waals surface area contributed by atoms with Gasteiger partial charge < -0.3 is 11.1 Å². The second-order valence-electron chi connectivity index (χ2n) is 4.49. The predicted octanol–water partition coefficient (Wildman–Crippen LogP) is 4.54. The van der Waals surface area contributed by atoms with E-state index in [0.717, 1.165) is 29.9 Å². The minimum Gasteiger partial charge on any atom is -0.399 e. The summed E-state index contributed by atoms with van der Waals surface area (Å²) in [4.78, 5) is 0. The number of rotatable bonds is 4. The number of hydrogen-bond acceptors (Lipinski definition) is 2. The van der Waals surface area contributed by atoms with Crippen LogP contribution >= 0.6 is 23.2 Å². The third-order valence-electron chi connectivity index (χ3n) is 2.99. The van der Waals surface area contributed by atoms with Gasteiger partial charge in [-0.1, -0.05) is 35.3 Å². The van der Waals surface area contributed by atoms with Crippen molar-refractivity contribution >= 4 is 34.6 Å². The molecule has 2 aromatic carbocycles. The van der Waals surface area contributed by atoms with Crippen molar-refractivity contribution in [2.75, 3.05) is 17.6 Å². The summed E-state index contributed by atoms with van der Waals surface area (Å²) in [6.07, 6.45) is 0.838. The first-order valence-corrected chi connectivity index (χ1v) is 6.86. The molecule has 3 N–H and O–H groups in total. The lowest BCUT2D eigenvalue weighted by Gasteiger charge is -2.11. The summed E-state index contributed by atoms with van der Waals surface area (Å²) in [5, 5.41) is 4.74. The highest BCUT2D eigenvalue weighted by atomic mass is 35.5. The fraction of sp³-hybridized carbons (Fsp3) is 0.200. The van der Waals surface area contributed by atoms with E-state index in [1.54, 1.807) is 6.07 Å². The van der Waals surface area contributed by atoms with E-state index < -0.39 is 0 Å². The molecule has 0 spiro atoms. The summed E-state index contributed by atoms with van der Waals surface area (Å²) in [5.74, 6) is 0. The SMILES string of the molecule is Cc1ccc(N)cc1NCCc1ccc(Cl)cc1Cl. The van der Waals surface area contributed by atoms with Crippen LogP contribution in [-0.4, -0.2) is 6.54 Å². The van der Waals surface area contributed by atoms with Crippen molar-refractivity contribution in [1.29, 1.82) is 0 Å². The maximum Gasteiger partial charge on any atom is 0.0453 e. The lowest BCUT2D eigenvalue weighted by Crippen LogP contribution is -2.06. The van der Waals surface area contributed by atoms with Crippen molar-refractivity contribution in [1.82, 2.24) is 0 Å². The summed E-state index contributed by atoms with van der Waals surface area (Å²) in [6, 6.07) is 11.4. The second-order valence-corrected chi connectivity index (χ2v) is 5.33. The molecule has 0 saturated heterocycles. The first kappa shape index (κ1) is 14.0. The van der Waals surface area contributed by atoms with E-state index in [1.165, 1.54) is 5.56 Å². The summed E-state index contributed by atoms with van der Waals surface area (Å²) < 4.78 is 0. The maximum atomic E-state index is 6.14. The average molecular weight is 295 g/mol. The zero-order valence-electron chi connectivity index (χ0n) is 10.7. The first-order chi connectivity index (χ1) is 9.06. The molecule has 0 aromatic heterocycles. The quantitative estimate of drug-likeness (QED) is 0.813. The maximum absolute atomic E-state index is 6.14. The molecule has 0 saturated carbocycles. The van der Waals surface area contributed by atoms with E-state index in [-0.39, 0.29) is 0 Å². The normalized spacial score (nSPS) is 10.5. The summed E-state index contributed by atoms with van der Waals surface area (Å²) in [6.45, 7) is 2.85. The second kappa shape index (κ2) is 6.18. The molecule has 2 aromatic rings. The Morgan fingerprint density at radius 1 is 1.11 bits per heavy atom. The van der Waals surface area contributed by atoms with Crippen LogP contribution in [0, 0.1) is 6.92 Å². The van der Waals surface area contributed by atoms with Crippen LogP contribution in [0.2, 0.25) is 10.0 Å². The molecule has 2 nitrogen and oxygen atoms in total. The predicted molar refractivity (Wildman–Crippen MR) is 84.2 cm³/mol. The Morgan fingerprint density at radius 2 is 1.89 bits per heavy atom. The van der Waals surface area contributed by atoms with Gasteiger partial charge in [-0.25, -0.2) is 0 Å². The summed E-state index contributed by atoms with van der Waals surface area (Å²) >= 11 is 12.0. The molecular formula is C15H16Cl2N2. The number of nitrogen functional groups attached to an aromatic ring is 1. The fourth-order valence-corrected chi connectivity index (χ4v) is 2.39. The van der Waals surface area contributed by atoms with Gasteiger partial charge in [0.2, 0.25) is 0 Å². The van der Waals surface area contributed by atoms with Crippen LogP contribution < -0.4 is 11.1 Å². The number of anilines is 2. The largest absolute Gasteiger partial charge is 0.399 e. The Kier molecular flexibility index (Phi) is 4.56. The van der Waals surface area contributed by atoms with E-state index in [2.05, 4.69) is 12.2 Å². The molecule has 0 amide bonds. The molecule has 100 valence electrons. The molecule has 0 atom stereocenters. The monoisotopic (exact) mass is 294 g/mol. The zero-order chi connectivity index (χ0) is 13.8. The lowest BCUT2D eigenvalue weighted by atomic mass is 10.1. The van der Waals surface area contributed by atoms with Crippen LogP contribution in [0.3, 0.4) is 0 Å². The van der Waals surface area contributed by atoms with Gasteiger partial charge in [0, 0.05) is 28.0 Å². The molecule has 2 rings (SSSR count). The number of nitrogens with two attached hydrogens (primary N) is 1. The van der Waals surface area contributed by atoms with E-state index in [1.807, 2.05) is 30.3 Å². The number of halogens is 2. The van der Waals surface area contributed by atoms with Crippen molar-refractivity contribution < 1.29 is 0 Å². The van der Waals surface area contributed by atoms with Gasteiger partial charge in [-0.05, 0) is 48.7 Å². The van der Waals surface area contributed by atoms with Gasteiger partial charge in [0.05, 0.1) is 0 Å².